The molecule has 0 amide bonds. The Kier molecular flexibility index (Phi) is 7.30. The summed E-state index contributed by atoms with van der Waals surface area (Å²) in [6.45, 7) is 5.47. The van der Waals surface area contributed by atoms with Gasteiger partial charge in [0.15, 0.2) is 5.82 Å². The fourth-order valence-corrected chi connectivity index (χ4v) is 3.14. The predicted molar refractivity (Wildman–Crippen MR) is 118 cm³/mol. The summed E-state index contributed by atoms with van der Waals surface area (Å²) in [7, 11) is 0. The highest BCUT2D eigenvalue weighted by atomic mass is 19.1. The number of unbranched alkanes of at least 4 members (excludes halogenated alkanes) is 1. The van der Waals surface area contributed by atoms with Gasteiger partial charge in [-0.3, -0.25) is 0 Å². The van der Waals surface area contributed by atoms with Crippen molar-refractivity contribution in [2.45, 2.75) is 38.8 Å². The van der Waals surface area contributed by atoms with Crippen LogP contribution >= 0.6 is 0 Å². The molecule has 2 aromatic carbocycles. The largest absolute Gasteiger partial charge is 0.248 e. The van der Waals surface area contributed by atoms with Gasteiger partial charge in [0.05, 0.1) is 6.17 Å². The number of hydrogen-bond acceptors (Lipinski definition) is 2. The van der Waals surface area contributed by atoms with Crippen molar-refractivity contribution in [1.29, 1.82) is 0 Å². The quantitative estimate of drug-likeness (QED) is 0.267. The Labute approximate surface area is 172 Å². The molecule has 29 heavy (non-hydrogen) atoms. The minimum Gasteiger partial charge on any atom is -0.248 e. The van der Waals surface area contributed by atoms with Crippen molar-refractivity contribution in [3.05, 3.63) is 84.7 Å². The van der Waals surface area contributed by atoms with Crippen LogP contribution in [0.4, 0.5) is 4.39 Å². The van der Waals surface area contributed by atoms with Gasteiger partial charge in [-0.25, -0.2) is 14.4 Å². The summed E-state index contributed by atoms with van der Waals surface area (Å²) >= 11 is 0. The Morgan fingerprint density at radius 1 is 1.07 bits per heavy atom. The van der Waals surface area contributed by atoms with E-state index >= 15 is 0 Å². The van der Waals surface area contributed by atoms with Crippen LogP contribution in [0.15, 0.2) is 73.6 Å². The molecule has 3 heteroatoms. The van der Waals surface area contributed by atoms with Gasteiger partial charge in [0.2, 0.25) is 0 Å². The van der Waals surface area contributed by atoms with Gasteiger partial charge in [0, 0.05) is 29.9 Å². The molecule has 0 bridgehead atoms. The van der Waals surface area contributed by atoms with Crippen LogP contribution in [0.5, 0.6) is 0 Å². The minimum atomic E-state index is -0.748. The second kappa shape index (κ2) is 10.3. The van der Waals surface area contributed by atoms with Gasteiger partial charge >= 0.3 is 0 Å². The van der Waals surface area contributed by atoms with Crippen molar-refractivity contribution in [2.75, 3.05) is 0 Å². The Morgan fingerprint density at radius 2 is 1.79 bits per heavy atom. The third-order valence-electron chi connectivity index (χ3n) is 4.63. The van der Waals surface area contributed by atoms with Crippen LogP contribution in [0.3, 0.4) is 0 Å². The normalized spacial score (nSPS) is 11.4. The van der Waals surface area contributed by atoms with Gasteiger partial charge in [-0.2, -0.15) is 0 Å². The molecule has 1 aromatic heterocycles. The molecule has 3 aromatic rings. The number of nitrogens with zero attached hydrogens (tertiary/aromatic N) is 2. The van der Waals surface area contributed by atoms with E-state index in [1.807, 2.05) is 24.3 Å². The molecule has 0 aliphatic rings. The van der Waals surface area contributed by atoms with Crippen LogP contribution in [0.2, 0.25) is 0 Å². The Balaban J connectivity index is 1.77. The topological polar surface area (TPSA) is 25.8 Å². The molecule has 0 saturated carbocycles. The molecule has 0 aliphatic carbocycles. The van der Waals surface area contributed by atoms with Crippen LogP contribution in [-0.2, 0) is 6.42 Å². The van der Waals surface area contributed by atoms with E-state index in [2.05, 4.69) is 58.7 Å². The molecule has 2 nitrogen and oxygen atoms in total. The number of benzene rings is 2. The molecule has 0 N–H and O–H groups in total. The SMILES string of the molecule is C=CCc1cc(-c2ccc(C#CCCCC(C)F)cc2)ccc1-c1ncccn1. The Morgan fingerprint density at radius 3 is 2.48 bits per heavy atom. The smallest absolute Gasteiger partial charge is 0.159 e. The van der Waals surface area contributed by atoms with E-state index in [1.165, 1.54) is 0 Å². The monoisotopic (exact) mass is 384 g/mol. The summed E-state index contributed by atoms with van der Waals surface area (Å²) in [4.78, 5) is 8.75. The molecule has 1 heterocycles. The lowest BCUT2D eigenvalue weighted by Gasteiger charge is -2.10. The number of alkyl halides is 1. The third-order valence-corrected chi connectivity index (χ3v) is 4.63. The zero-order valence-corrected chi connectivity index (χ0v) is 16.7. The standard InChI is InChI=1S/C26H25FN2/c1-3-8-24-19-23(15-16-25(24)26-28-17-7-18-29-26)22-13-11-21(12-14-22)10-6-4-5-9-20(2)27/h3,7,11-20H,1,4-5,8-9H2,2H3. The van der Waals surface area contributed by atoms with Crippen LogP contribution < -0.4 is 0 Å². The lowest BCUT2D eigenvalue weighted by molar-refractivity contribution is 0.336. The number of halogens is 1. The maximum atomic E-state index is 12.8. The number of allylic oxidation sites excluding steroid dienone is 1. The van der Waals surface area contributed by atoms with Gasteiger partial charge < -0.3 is 0 Å². The highest BCUT2D eigenvalue weighted by molar-refractivity contribution is 5.71. The lowest BCUT2D eigenvalue weighted by Crippen LogP contribution is -1.94. The van der Waals surface area contributed by atoms with Crippen molar-refractivity contribution in [3.8, 4) is 34.4 Å². The van der Waals surface area contributed by atoms with Crippen LogP contribution in [0, 0.1) is 11.8 Å². The highest BCUT2D eigenvalue weighted by Gasteiger charge is 2.09. The first-order chi connectivity index (χ1) is 14.2. The zero-order valence-electron chi connectivity index (χ0n) is 16.7. The summed E-state index contributed by atoms with van der Waals surface area (Å²) in [6.07, 6.45) is 7.51. The summed E-state index contributed by atoms with van der Waals surface area (Å²) in [6, 6.07) is 16.4. The van der Waals surface area contributed by atoms with Crippen LogP contribution in [-0.4, -0.2) is 16.1 Å². The van der Waals surface area contributed by atoms with Crippen LogP contribution in [0.1, 0.15) is 37.3 Å². The summed E-state index contributed by atoms with van der Waals surface area (Å²) in [5.74, 6) is 7.01. The second-order valence-corrected chi connectivity index (χ2v) is 6.99. The Hall–Kier alpha value is -3.25. The Bertz CT molecular complexity index is 996. The highest BCUT2D eigenvalue weighted by Crippen LogP contribution is 2.28. The minimum absolute atomic E-state index is 0.574. The molecule has 146 valence electrons. The molecule has 0 aliphatic heterocycles. The number of rotatable bonds is 7. The fraction of sp³-hybridized carbons (Fsp3) is 0.231. The van der Waals surface area contributed by atoms with Crippen molar-refractivity contribution >= 4 is 0 Å². The van der Waals surface area contributed by atoms with Gasteiger partial charge in [-0.1, -0.05) is 48.2 Å². The number of aromatic nitrogens is 2. The first kappa shape index (κ1) is 20.5. The fourth-order valence-electron chi connectivity index (χ4n) is 3.14. The van der Waals surface area contributed by atoms with Crippen molar-refractivity contribution < 1.29 is 4.39 Å². The maximum absolute atomic E-state index is 12.8. The van der Waals surface area contributed by atoms with Gasteiger partial charge in [-0.15, -0.1) is 6.58 Å². The van der Waals surface area contributed by atoms with Gasteiger partial charge in [-0.05, 0) is 61.1 Å². The molecule has 1 atom stereocenters. The van der Waals surface area contributed by atoms with Crippen molar-refractivity contribution in [3.63, 3.8) is 0 Å². The predicted octanol–water partition coefficient (Wildman–Crippen LogP) is 6.42. The summed E-state index contributed by atoms with van der Waals surface area (Å²) in [5, 5.41) is 0. The van der Waals surface area contributed by atoms with Crippen molar-refractivity contribution in [1.82, 2.24) is 9.97 Å². The molecule has 0 saturated heterocycles. The molecule has 3 rings (SSSR count). The van der Waals surface area contributed by atoms with E-state index in [4.69, 9.17) is 0 Å². The maximum Gasteiger partial charge on any atom is 0.159 e. The van der Waals surface area contributed by atoms with Gasteiger partial charge in [0.25, 0.3) is 0 Å². The van der Waals surface area contributed by atoms with E-state index in [0.29, 0.717) is 6.42 Å². The molecular weight excluding hydrogens is 359 g/mol. The summed E-state index contributed by atoms with van der Waals surface area (Å²) in [5.41, 5.74) is 5.42. The van der Waals surface area contributed by atoms with E-state index in [0.717, 1.165) is 52.9 Å². The first-order valence-corrected chi connectivity index (χ1v) is 9.92. The molecular formula is C26H25FN2. The molecule has 0 spiro atoms. The lowest BCUT2D eigenvalue weighted by atomic mass is 9.96. The summed E-state index contributed by atoms with van der Waals surface area (Å²) < 4.78 is 12.8. The van der Waals surface area contributed by atoms with E-state index in [9.17, 15) is 4.39 Å². The molecule has 0 radical (unpaired) electrons. The zero-order chi connectivity index (χ0) is 20.5. The third kappa shape index (κ3) is 5.86. The molecule has 0 fully saturated rings. The van der Waals surface area contributed by atoms with Crippen molar-refractivity contribution in [2.24, 2.45) is 0 Å². The number of hydrogen-bond donors (Lipinski definition) is 0. The average Bonchev–Trinajstić information content (AvgIpc) is 2.74. The first-order valence-electron chi connectivity index (χ1n) is 9.92. The van der Waals surface area contributed by atoms with Crippen LogP contribution in [0.25, 0.3) is 22.5 Å². The second-order valence-electron chi connectivity index (χ2n) is 6.99. The van der Waals surface area contributed by atoms with E-state index < -0.39 is 6.17 Å². The molecule has 1 unspecified atom stereocenters. The average molecular weight is 384 g/mol. The van der Waals surface area contributed by atoms with E-state index in [-0.39, 0.29) is 0 Å². The van der Waals surface area contributed by atoms with Gasteiger partial charge in [0.1, 0.15) is 0 Å². The van der Waals surface area contributed by atoms with E-state index in [1.54, 1.807) is 19.3 Å².